The van der Waals surface area contributed by atoms with E-state index in [1.54, 1.807) is 37.3 Å². The van der Waals surface area contributed by atoms with Crippen LogP contribution in [0.15, 0.2) is 36.4 Å². The Balaban J connectivity index is 1.74. The number of fused-ring (bicyclic) bond motifs is 1. The van der Waals surface area contributed by atoms with E-state index in [0.717, 1.165) is 4.85 Å². The number of aromatic nitrogens is 3. The smallest absolute Gasteiger partial charge is 0.268 e. The van der Waals surface area contributed by atoms with Gasteiger partial charge in [-0.15, -0.1) is 5.10 Å². The summed E-state index contributed by atoms with van der Waals surface area (Å²) in [5, 5.41) is 11.8. The minimum Gasteiger partial charge on any atom is -0.382 e. The fourth-order valence-electron chi connectivity index (χ4n) is 1.97. The van der Waals surface area contributed by atoms with Crippen LogP contribution in [0.25, 0.3) is 11.0 Å². The highest BCUT2D eigenvalue weighted by Gasteiger charge is 2.18. The van der Waals surface area contributed by atoms with Crippen LogP contribution < -0.4 is 10.2 Å². The standard InChI is InChI=1S/C15H11Cl3N4O2/c1-8(15(23)19-12-4-2-9(16)6-11(12)18)24-22-14-7-10(17)3-5-13(14)20-21-22/h2-8H,1H3,(H,19,23)/t8-/m0/s1. The molecule has 9 heteroatoms. The molecular formula is C15H11Cl3N4O2. The van der Waals surface area contributed by atoms with Crippen molar-refractivity contribution in [3.63, 3.8) is 0 Å². The van der Waals surface area contributed by atoms with Crippen LogP contribution in [0, 0.1) is 0 Å². The zero-order chi connectivity index (χ0) is 17.3. The highest BCUT2D eigenvalue weighted by atomic mass is 35.5. The van der Waals surface area contributed by atoms with Gasteiger partial charge in [0.05, 0.1) is 10.7 Å². The molecule has 2 aromatic carbocycles. The van der Waals surface area contributed by atoms with E-state index in [1.807, 2.05) is 0 Å². The molecule has 0 unspecified atom stereocenters. The van der Waals surface area contributed by atoms with Gasteiger partial charge in [-0.1, -0.05) is 39.6 Å². The quantitative estimate of drug-likeness (QED) is 0.740. The van der Waals surface area contributed by atoms with E-state index < -0.39 is 12.0 Å². The Kier molecular flexibility index (Phi) is 4.80. The molecule has 0 saturated carbocycles. The molecule has 0 spiro atoms. The summed E-state index contributed by atoms with van der Waals surface area (Å²) in [6.07, 6.45) is -0.847. The van der Waals surface area contributed by atoms with E-state index in [9.17, 15) is 4.79 Å². The van der Waals surface area contributed by atoms with Gasteiger partial charge < -0.3 is 10.2 Å². The van der Waals surface area contributed by atoms with Crippen molar-refractivity contribution >= 4 is 57.4 Å². The number of nitrogens with zero attached hydrogens (tertiary/aromatic N) is 3. The van der Waals surface area contributed by atoms with Crippen LogP contribution in [0.4, 0.5) is 5.69 Å². The first-order chi connectivity index (χ1) is 11.4. The Labute approximate surface area is 152 Å². The summed E-state index contributed by atoms with van der Waals surface area (Å²) in [6.45, 7) is 1.58. The highest BCUT2D eigenvalue weighted by molar-refractivity contribution is 6.36. The molecule has 1 N–H and O–H groups in total. The monoisotopic (exact) mass is 384 g/mol. The molecule has 0 fully saturated rings. The number of benzene rings is 2. The fourth-order valence-corrected chi connectivity index (χ4v) is 2.59. The van der Waals surface area contributed by atoms with Gasteiger partial charge in [0.25, 0.3) is 5.91 Å². The van der Waals surface area contributed by atoms with Crippen molar-refractivity contribution in [1.82, 2.24) is 15.2 Å². The molecule has 0 aliphatic carbocycles. The van der Waals surface area contributed by atoms with Crippen molar-refractivity contribution in [3.8, 4) is 0 Å². The maximum Gasteiger partial charge on any atom is 0.268 e. The summed E-state index contributed by atoms with van der Waals surface area (Å²) < 4.78 is 0. The molecular weight excluding hydrogens is 375 g/mol. The summed E-state index contributed by atoms with van der Waals surface area (Å²) in [7, 11) is 0. The molecule has 6 nitrogen and oxygen atoms in total. The maximum absolute atomic E-state index is 12.3. The first-order valence-corrected chi connectivity index (χ1v) is 8.01. The summed E-state index contributed by atoms with van der Waals surface area (Å²) in [4.78, 5) is 18.9. The summed E-state index contributed by atoms with van der Waals surface area (Å²) in [5.74, 6) is -0.398. The zero-order valence-electron chi connectivity index (χ0n) is 12.3. The molecule has 1 amide bonds. The van der Waals surface area contributed by atoms with Gasteiger partial charge in [0.15, 0.2) is 0 Å². The van der Waals surface area contributed by atoms with Crippen LogP contribution in [0.1, 0.15) is 6.92 Å². The molecule has 3 aromatic rings. The van der Waals surface area contributed by atoms with Gasteiger partial charge in [-0.2, -0.15) is 0 Å². The summed E-state index contributed by atoms with van der Waals surface area (Å²) in [6, 6.07) is 9.83. The molecule has 3 rings (SSSR count). The van der Waals surface area contributed by atoms with Gasteiger partial charge in [0.2, 0.25) is 6.10 Å². The number of anilines is 1. The minimum atomic E-state index is -0.847. The molecule has 0 saturated heterocycles. The van der Waals surface area contributed by atoms with Crippen molar-refractivity contribution in [2.75, 3.05) is 5.32 Å². The number of halogens is 3. The van der Waals surface area contributed by atoms with E-state index >= 15 is 0 Å². The average Bonchev–Trinajstić information content (AvgIpc) is 2.92. The topological polar surface area (TPSA) is 69.0 Å². The van der Waals surface area contributed by atoms with Crippen LogP contribution in [0.2, 0.25) is 15.1 Å². The molecule has 1 heterocycles. The number of rotatable bonds is 4. The molecule has 1 aromatic heterocycles. The number of hydrogen-bond donors (Lipinski definition) is 1. The van der Waals surface area contributed by atoms with E-state index in [-0.39, 0.29) is 0 Å². The SMILES string of the molecule is C[C@H](On1nnc2ccc(Cl)cc21)C(=O)Nc1ccc(Cl)cc1Cl. The Hall–Kier alpha value is -2.02. The summed E-state index contributed by atoms with van der Waals surface area (Å²) >= 11 is 17.8. The molecule has 0 radical (unpaired) electrons. The molecule has 0 aliphatic heterocycles. The van der Waals surface area contributed by atoms with Crippen LogP contribution in [0.5, 0.6) is 0 Å². The van der Waals surface area contributed by atoms with Gasteiger partial charge in [0.1, 0.15) is 11.0 Å². The lowest BCUT2D eigenvalue weighted by atomic mass is 10.3. The van der Waals surface area contributed by atoms with E-state index in [4.69, 9.17) is 39.6 Å². The maximum atomic E-state index is 12.3. The van der Waals surface area contributed by atoms with Crippen LogP contribution in [0.3, 0.4) is 0 Å². The average molecular weight is 386 g/mol. The molecule has 0 bridgehead atoms. The predicted molar refractivity (Wildman–Crippen MR) is 93.7 cm³/mol. The van der Waals surface area contributed by atoms with Crippen molar-refractivity contribution in [2.45, 2.75) is 13.0 Å². The normalized spacial score (nSPS) is 12.2. The Bertz CT molecular complexity index is 913. The van der Waals surface area contributed by atoms with Gasteiger partial charge in [-0.3, -0.25) is 4.79 Å². The van der Waals surface area contributed by atoms with Gasteiger partial charge in [-0.25, -0.2) is 0 Å². The number of nitrogens with one attached hydrogen (secondary N) is 1. The van der Waals surface area contributed by atoms with Crippen molar-refractivity contribution in [2.24, 2.45) is 0 Å². The molecule has 124 valence electrons. The van der Waals surface area contributed by atoms with Crippen molar-refractivity contribution < 1.29 is 9.63 Å². The lowest BCUT2D eigenvalue weighted by Crippen LogP contribution is -2.35. The first kappa shape index (κ1) is 16.8. The minimum absolute atomic E-state index is 0.334. The molecule has 1 atom stereocenters. The number of hydrogen-bond acceptors (Lipinski definition) is 4. The Morgan fingerprint density at radius 1 is 1.17 bits per heavy atom. The highest BCUT2D eigenvalue weighted by Crippen LogP contribution is 2.25. The lowest BCUT2D eigenvalue weighted by Gasteiger charge is -2.14. The molecule has 0 aliphatic rings. The second-order valence-electron chi connectivity index (χ2n) is 4.96. The third-order valence-electron chi connectivity index (χ3n) is 3.19. The second-order valence-corrected chi connectivity index (χ2v) is 6.24. The third kappa shape index (κ3) is 3.56. The number of amides is 1. The van der Waals surface area contributed by atoms with Gasteiger partial charge >= 0.3 is 0 Å². The Morgan fingerprint density at radius 3 is 2.62 bits per heavy atom. The molecule has 24 heavy (non-hydrogen) atoms. The first-order valence-electron chi connectivity index (χ1n) is 6.88. The van der Waals surface area contributed by atoms with E-state index in [2.05, 4.69) is 15.6 Å². The zero-order valence-corrected chi connectivity index (χ0v) is 14.6. The Morgan fingerprint density at radius 2 is 1.88 bits per heavy atom. The predicted octanol–water partition coefficient (Wildman–Crippen LogP) is 3.85. The third-order valence-corrected chi connectivity index (χ3v) is 3.98. The van der Waals surface area contributed by atoms with Gasteiger partial charge in [0, 0.05) is 10.0 Å². The largest absolute Gasteiger partial charge is 0.382 e. The van der Waals surface area contributed by atoms with Gasteiger partial charge in [-0.05, 0) is 48.5 Å². The fraction of sp³-hybridized carbons (Fsp3) is 0.133. The van der Waals surface area contributed by atoms with Crippen LogP contribution in [-0.4, -0.2) is 27.2 Å². The van der Waals surface area contributed by atoms with Crippen molar-refractivity contribution in [3.05, 3.63) is 51.5 Å². The van der Waals surface area contributed by atoms with Crippen LogP contribution in [-0.2, 0) is 4.79 Å². The number of carbonyl (C=O) groups is 1. The number of carbonyl (C=O) groups excluding carboxylic acids is 1. The van der Waals surface area contributed by atoms with E-state index in [1.165, 1.54) is 6.07 Å². The lowest BCUT2D eigenvalue weighted by molar-refractivity contribution is -0.127. The summed E-state index contributed by atoms with van der Waals surface area (Å²) in [5.41, 5.74) is 1.60. The van der Waals surface area contributed by atoms with Crippen LogP contribution >= 0.6 is 34.8 Å². The van der Waals surface area contributed by atoms with Crippen molar-refractivity contribution in [1.29, 1.82) is 0 Å². The van der Waals surface area contributed by atoms with E-state index in [0.29, 0.717) is 31.8 Å². The second kappa shape index (κ2) is 6.84.